The number of amides is 1. The van der Waals surface area contributed by atoms with Crippen LogP contribution >= 0.6 is 0 Å². The average molecular weight is 470 g/mol. The average Bonchev–Trinajstić information content (AvgIpc) is 2.75. The van der Waals surface area contributed by atoms with Crippen molar-refractivity contribution in [3.8, 4) is 5.75 Å². The first-order valence-electron chi connectivity index (χ1n) is 10.7. The number of carbonyl (C=O) groups is 3. The second-order valence-electron chi connectivity index (χ2n) is 9.08. The van der Waals surface area contributed by atoms with E-state index >= 15 is 0 Å². The van der Waals surface area contributed by atoms with Crippen molar-refractivity contribution in [2.24, 2.45) is 17.6 Å². The number of aliphatic hydroxyl groups is 4. The lowest BCUT2D eigenvalue weighted by molar-refractivity contribution is -0.166. The minimum absolute atomic E-state index is 0.0900. The Bertz CT molecular complexity index is 1240. The van der Waals surface area contributed by atoms with Crippen LogP contribution in [0, 0.1) is 11.8 Å². The molecular formula is C24H26N2O8. The molecule has 4 rings (SSSR count). The van der Waals surface area contributed by atoms with Gasteiger partial charge in [-0.05, 0) is 43.3 Å². The molecular weight excluding hydrogens is 444 g/mol. The molecule has 1 aromatic rings. The van der Waals surface area contributed by atoms with Gasteiger partial charge in [0.1, 0.15) is 22.8 Å². The van der Waals surface area contributed by atoms with Gasteiger partial charge in [0.2, 0.25) is 5.78 Å². The third-order valence-corrected chi connectivity index (χ3v) is 7.19. The monoisotopic (exact) mass is 470 g/mol. The lowest BCUT2D eigenvalue weighted by atomic mass is 9.55. The Kier molecular flexibility index (Phi) is 5.24. The summed E-state index contributed by atoms with van der Waals surface area (Å²) in [5, 5.41) is 55.5. The Labute approximate surface area is 194 Å². The summed E-state index contributed by atoms with van der Waals surface area (Å²) in [4.78, 5) is 40.2. The molecule has 5 atom stereocenters. The summed E-state index contributed by atoms with van der Waals surface area (Å²) in [6.45, 7) is 5.86. The fourth-order valence-electron chi connectivity index (χ4n) is 5.68. The largest absolute Gasteiger partial charge is 0.508 e. The molecule has 180 valence electrons. The lowest BCUT2D eigenvalue weighted by Gasteiger charge is -2.53. The van der Waals surface area contributed by atoms with Crippen LogP contribution in [0.5, 0.6) is 5.75 Å². The molecule has 0 saturated heterocycles. The summed E-state index contributed by atoms with van der Waals surface area (Å²) < 4.78 is 0. The number of ketones is 2. The van der Waals surface area contributed by atoms with Gasteiger partial charge in [0.15, 0.2) is 11.4 Å². The zero-order chi connectivity index (χ0) is 25.4. The molecule has 34 heavy (non-hydrogen) atoms. The van der Waals surface area contributed by atoms with E-state index in [4.69, 9.17) is 5.73 Å². The van der Waals surface area contributed by atoms with Gasteiger partial charge in [0.05, 0.1) is 29.2 Å². The third kappa shape index (κ3) is 2.70. The van der Waals surface area contributed by atoms with E-state index in [1.807, 2.05) is 6.92 Å². The maximum Gasteiger partial charge on any atom is 0.255 e. The topological polar surface area (TPSA) is 182 Å². The van der Waals surface area contributed by atoms with E-state index < -0.39 is 69.7 Å². The Balaban J connectivity index is 2.09. The molecule has 0 heterocycles. The Morgan fingerprint density at radius 3 is 2.32 bits per heavy atom. The van der Waals surface area contributed by atoms with E-state index in [-0.39, 0.29) is 16.9 Å². The van der Waals surface area contributed by atoms with E-state index in [1.165, 1.54) is 25.1 Å². The Hall–Kier alpha value is -3.47. The van der Waals surface area contributed by atoms with Crippen molar-refractivity contribution >= 4 is 28.8 Å². The molecule has 7 N–H and O–H groups in total. The first kappa shape index (κ1) is 23.7. The van der Waals surface area contributed by atoms with Crippen LogP contribution in [0.4, 0.5) is 0 Å². The molecule has 1 fully saturated rings. The van der Waals surface area contributed by atoms with Crippen LogP contribution < -0.4 is 5.73 Å². The zero-order valence-electron chi connectivity index (χ0n) is 18.9. The summed E-state index contributed by atoms with van der Waals surface area (Å²) in [5.41, 5.74) is 2.04. The van der Waals surface area contributed by atoms with Gasteiger partial charge in [-0.2, -0.15) is 0 Å². The predicted octanol–water partition coefficient (Wildman–Crippen LogP) is -0.0321. The number of aliphatic hydroxyl groups excluding tert-OH is 3. The summed E-state index contributed by atoms with van der Waals surface area (Å²) >= 11 is 0. The van der Waals surface area contributed by atoms with Gasteiger partial charge in [0.25, 0.3) is 5.91 Å². The van der Waals surface area contributed by atoms with Crippen LogP contribution in [0.25, 0.3) is 11.3 Å². The SMILES string of the molecule is C=C1c2c(CC)ccc(O)c2C(O)=C2C(=O)[C@@]3(O)C(O)=C(C(N)=O)C(=O)[C@H](N(C)C)[C@H]3[C@H](O)[C@@H]12. The second-order valence-corrected chi connectivity index (χ2v) is 9.08. The minimum Gasteiger partial charge on any atom is -0.508 e. The highest BCUT2D eigenvalue weighted by Crippen LogP contribution is 2.56. The van der Waals surface area contributed by atoms with Crippen molar-refractivity contribution in [1.29, 1.82) is 0 Å². The molecule has 0 aromatic heterocycles. The van der Waals surface area contributed by atoms with Crippen LogP contribution in [0.1, 0.15) is 23.6 Å². The fourth-order valence-corrected chi connectivity index (χ4v) is 5.68. The van der Waals surface area contributed by atoms with Gasteiger partial charge in [-0.1, -0.05) is 19.6 Å². The number of hydrogen-bond acceptors (Lipinski definition) is 9. The highest BCUT2D eigenvalue weighted by molar-refractivity contribution is 6.25. The number of fused-ring (bicyclic) bond motifs is 3. The molecule has 1 amide bonds. The lowest BCUT2D eigenvalue weighted by Crippen LogP contribution is -2.70. The molecule has 0 bridgehead atoms. The van der Waals surface area contributed by atoms with Gasteiger partial charge in [-0.25, -0.2) is 0 Å². The first-order chi connectivity index (χ1) is 15.8. The number of nitrogens with two attached hydrogens (primary N) is 1. The number of benzene rings is 1. The maximum absolute atomic E-state index is 13.8. The smallest absolute Gasteiger partial charge is 0.255 e. The number of aromatic hydroxyl groups is 1. The molecule has 0 unspecified atom stereocenters. The zero-order valence-corrected chi connectivity index (χ0v) is 18.9. The van der Waals surface area contributed by atoms with Crippen LogP contribution in [-0.2, 0) is 20.8 Å². The summed E-state index contributed by atoms with van der Waals surface area (Å²) in [5.74, 6) is -8.73. The quantitative estimate of drug-likeness (QED) is 0.330. The normalized spacial score (nSPS) is 30.9. The first-order valence-corrected chi connectivity index (χ1v) is 10.7. The number of hydrogen-bond donors (Lipinski definition) is 6. The van der Waals surface area contributed by atoms with E-state index in [2.05, 4.69) is 6.58 Å². The van der Waals surface area contributed by atoms with Gasteiger partial charge >= 0.3 is 0 Å². The van der Waals surface area contributed by atoms with Gasteiger partial charge in [-0.3, -0.25) is 19.3 Å². The molecule has 0 spiro atoms. The van der Waals surface area contributed by atoms with Gasteiger partial charge < -0.3 is 31.3 Å². The van der Waals surface area contributed by atoms with E-state index in [0.29, 0.717) is 17.5 Å². The number of phenolic OH excluding ortho intramolecular Hbond substituents is 1. The maximum atomic E-state index is 13.8. The molecule has 10 nitrogen and oxygen atoms in total. The summed E-state index contributed by atoms with van der Waals surface area (Å²) in [6, 6.07) is 1.56. The number of aryl methyl sites for hydroxylation is 1. The molecule has 3 aliphatic rings. The van der Waals surface area contributed by atoms with Gasteiger partial charge in [0, 0.05) is 5.92 Å². The molecule has 1 saturated carbocycles. The number of nitrogens with zero attached hydrogens (tertiary/aromatic N) is 1. The van der Waals surface area contributed by atoms with Crippen molar-refractivity contribution in [3.05, 3.63) is 52.3 Å². The number of phenols is 1. The number of rotatable bonds is 3. The summed E-state index contributed by atoms with van der Waals surface area (Å²) in [6.07, 6.45) is -1.21. The van der Waals surface area contributed by atoms with Crippen LogP contribution in [0.2, 0.25) is 0 Å². The van der Waals surface area contributed by atoms with E-state index in [1.54, 1.807) is 6.07 Å². The molecule has 10 heteroatoms. The summed E-state index contributed by atoms with van der Waals surface area (Å²) in [7, 11) is 2.89. The number of likely N-dealkylation sites (N-methyl/N-ethyl adjacent to an activating group) is 1. The number of carbonyl (C=O) groups excluding carboxylic acids is 3. The van der Waals surface area contributed by atoms with Crippen molar-refractivity contribution in [2.45, 2.75) is 31.1 Å². The van der Waals surface area contributed by atoms with Gasteiger partial charge in [-0.15, -0.1) is 0 Å². The predicted molar refractivity (Wildman–Crippen MR) is 120 cm³/mol. The standard InChI is InChI=1S/C24H26N2O8/c1-5-9-6-7-10(27)13-11(9)8(2)12-14(18(13)28)21(31)24(34)16(19(12)29)17(26(3)4)20(30)15(22(24)32)23(25)33/h6-7,12,16-17,19,27-29,32,34H,2,5H2,1,3-4H3,(H2,25,33)/t12-,16-,17+,19+,24+/m0/s1. The number of primary amides is 1. The third-order valence-electron chi connectivity index (χ3n) is 7.19. The molecule has 3 aliphatic carbocycles. The van der Waals surface area contributed by atoms with Crippen molar-refractivity contribution in [3.63, 3.8) is 0 Å². The van der Waals surface area contributed by atoms with Crippen LogP contribution in [0.3, 0.4) is 0 Å². The van der Waals surface area contributed by atoms with Crippen molar-refractivity contribution in [1.82, 2.24) is 4.90 Å². The van der Waals surface area contributed by atoms with Crippen LogP contribution in [-0.4, -0.2) is 79.7 Å². The Morgan fingerprint density at radius 2 is 1.79 bits per heavy atom. The van der Waals surface area contributed by atoms with Crippen LogP contribution in [0.15, 0.2) is 35.6 Å². The van der Waals surface area contributed by atoms with Crippen molar-refractivity contribution < 1.29 is 39.9 Å². The highest BCUT2D eigenvalue weighted by atomic mass is 16.4. The van der Waals surface area contributed by atoms with E-state index in [0.717, 1.165) is 0 Å². The molecule has 0 radical (unpaired) electrons. The molecule has 1 aromatic carbocycles. The highest BCUT2D eigenvalue weighted by Gasteiger charge is 2.68. The van der Waals surface area contributed by atoms with Crippen molar-refractivity contribution in [2.75, 3.05) is 14.1 Å². The number of Topliss-reactive ketones (excluding diaryl/α,β-unsaturated/α-hetero) is 2. The van der Waals surface area contributed by atoms with E-state index in [9.17, 15) is 39.9 Å². The fraction of sp³-hybridized carbons (Fsp3) is 0.375. The second kappa shape index (κ2) is 7.52. The minimum atomic E-state index is -2.94. The Morgan fingerprint density at radius 1 is 1.18 bits per heavy atom. The molecule has 0 aliphatic heterocycles.